The largest absolute Gasteiger partial charge is 0.388 e. The Hall–Kier alpha value is -0.710. The molecule has 0 aliphatic carbocycles. The van der Waals surface area contributed by atoms with Crippen LogP contribution in [-0.2, 0) is 6.42 Å². The second kappa shape index (κ2) is 5.51. The lowest BCUT2D eigenvalue weighted by Crippen LogP contribution is -2.04. The minimum absolute atomic E-state index is 0.493. The lowest BCUT2D eigenvalue weighted by Gasteiger charge is -2.13. The lowest BCUT2D eigenvalue weighted by molar-refractivity contribution is 0.177. The molecule has 0 radical (unpaired) electrons. The van der Waals surface area contributed by atoms with E-state index in [0.29, 0.717) is 6.42 Å². The number of benzene rings is 1. The third kappa shape index (κ3) is 2.82. The van der Waals surface area contributed by atoms with Crippen molar-refractivity contribution < 1.29 is 5.11 Å². The van der Waals surface area contributed by atoms with Crippen LogP contribution in [0, 0.1) is 20.8 Å². The predicted octanol–water partition coefficient (Wildman–Crippen LogP) is 4.11. The van der Waals surface area contributed by atoms with Crippen LogP contribution < -0.4 is 0 Å². The minimum Gasteiger partial charge on any atom is -0.388 e. The number of nitrogens with zero attached hydrogens (tertiary/aromatic N) is 1. The summed E-state index contributed by atoms with van der Waals surface area (Å²) in [5.74, 6) is 0. The van der Waals surface area contributed by atoms with Gasteiger partial charge in [-0.2, -0.15) is 0 Å². The molecule has 4 heteroatoms. The summed E-state index contributed by atoms with van der Waals surface area (Å²) in [6, 6.07) is 5.91. The van der Waals surface area contributed by atoms with Crippen LogP contribution in [0.1, 0.15) is 32.8 Å². The van der Waals surface area contributed by atoms with E-state index in [9.17, 15) is 5.11 Å². The average molecular weight is 326 g/mol. The first-order valence-corrected chi connectivity index (χ1v) is 7.46. The highest BCUT2D eigenvalue weighted by molar-refractivity contribution is 9.10. The molecule has 1 unspecified atom stereocenters. The summed E-state index contributed by atoms with van der Waals surface area (Å²) in [6.45, 7) is 6.08. The van der Waals surface area contributed by atoms with Crippen LogP contribution in [0.25, 0.3) is 0 Å². The van der Waals surface area contributed by atoms with E-state index < -0.39 is 6.10 Å². The highest BCUT2D eigenvalue weighted by Crippen LogP contribution is 2.28. The Morgan fingerprint density at radius 1 is 1.33 bits per heavy atom. The molecule has 1 aromatic carbocycles. The maximum absolute atomic E-state index is 10.3. The standard InChI is InChI=1S/C14H16BrNOS/c1-8-11(5-4-6-12(8)15)13(17)7-14-16-9(2)10(3)18-14/h4-6,13,17H,7H2,1-3H3. The van der Waals surface area contributed by atoms with Crippen molar-refractivity contribution in [2.24, 2.45) is 0 Å². The molecule has 0 bridgehead atoms. The van der Waals surface area contributed by atoms with E-state index >= 15 is 0 Å². The molecule has 0 aliphatic heterocycles. The fourth-order valence-electron chi connectivity index (χ4n) is 1.89. The summed E-state index contributed by atoms with van der Waals surface area (Å²) in [7, 11) is 0. The van der Waals surface area contributed by atoms with Crippen molar-refractivity contribution in [3.05, 3.63) is 49.4 Å². The lowest BCUT2D eigenvalue weighted by atomic mass is 10.0. The van der Waals surface area contributed by atoms with Gasteiger partial charge in [0.2, 0.25) is 0 Å². The first-order valence-electron chi connectivity index (χ1n) is 5.85. The van der Waals surface area contributed by atoms with Gasteiger partial charge >= 0.3 is 0 Å². The van der Waals surface area contributed by atoms with Crippen LogP contribution in [0.4, 0.5) is 0 Å². The van der Waals surface area contributed by atoms with Crippen LogP contribution in [0.15, 0.2) is 22.7 Å². The molecule has 96 valence electrons. The van der Waals surface area contributed by atoms with Crippen LogP contribution in [0.3, 0.4) is 0 Å². The number of aliphatic hydroxyl groups excluding tert-OH is 1. The number of rotatable bonds is 3. The molecule has 1 N–H and O–H groups in total. The fraction of sp³-hybridized carbons (Fsp3) is 0.357. The summed E-state index contributed by atoms with van der Waals surface area (Å²) < 4.78 is 1.03. The highest BCUT2D eigenvalue weighted by Gasteiger charge is 2.15. The highest BCUT2D eigenvalue weighted by atomic mass is 79.9. The quantitative estimate of drug-likeness (QED) is 0.921. The maximum atomic E-state index is 10.3. The van der Waals surface area contributed by atoms with Gasteiger partial charge < -0.3 is 5.11 Å². The zero-order valence-electron chi connectivity index (χ0n) is 10.7. The van der Waals surface area contributed by atoms with E-state index in [1.54, 1.807) is 11.3 Å². The van der Waals surface area contributed by atoms with Crippen LogP contribution in [0.2, 0.25) is 0 Å². The van der Waals surface area contributed by atoms with E-state index in [-0.39, 0.29) is 0 Å². The summed E-state index contributed by atoms with van der Waals surface area (Å²) in [6.07, 6.45) is 0.0869. The minimum atomic E-state index is -0.493. The van der Waals surface area contributed by atoms with Gasteiger partial charge in [0.25, 0.3) is 0 Å². The van der Waals surface area contributed by atoms with Gasteiger partial charge in [0, 0.05) is 15.8 Å². The molecular formula is C14H16BrNOS. The number of hydrogen-bond donors (Lipinski definition) is 1. The third-order valence-electron chi connectivity index (χ3n) is 3.11. The molecule has 1 aromatic heterocycles. The number of aromatic nitrogens is 1. The van der Waals surface area contributed by atoms with Gasteiger partial charge in [0.05, 0.1) is 16.8 Å². The molecule has 2 rings (SSSR count). The number of hydrogen-bond acceptors (Lipinski definition) is 3. The van der Waals surface area contributed by atoms with Crippen molar-refractivity contribution in [3.63, 3.8) is 0 Å². The van der Waals surface area contributed by atoms with E-state index in [0.717, 1.165) is 26.3 Å². The summed E-state index contributed by atoms with van der Waals surface area (Å²) in [5.41, 5.74) is 3.12. The SMILES string of the molecule is Cc1nc(CC(O)c2cccc(Br)c2C)sc1C. The Morgan fingerprint density at radius 2 is 2.06 bits per heavy atom. The molecule has 1 atom stereocenters. The number of thiazole rings is 1. The molecule has 1 heterocycles. The Bertz CT molecular complexity index is 545. The zero-order valence-corrected chi connectivity index (χ0v) is 13.1. The number of aryl methyl sites for hydroxylation is 2. The Labute approximate surface area is 120 Å². The van der Waals surface area contributed by atoms with Crippen molar-refractivity contribution in [3.8, 4) is 0 Å². The predicted molar refractivity (Wildman–Crippen MR) is 79.1 cm³/mol. The normalized spacial score (nSPS) is 12.7. The average Bonchev–Trinajstić information content (AvgIpc) is 2.61. The van der Waals surface area contributed by atoms with Gasteiger partial charge in [-0.25, -0.2) is 4.98 Å². The molecule has 2 nitrogen and oxygen atoms in total. The van der Waals surface area contributed by atoms with Gasteiger partial charge in [-0.1, -0.05) is 28.1 Å². The van der Waals surface area contributed by atoms with E-state index in [2.05, 4.69) is 27.8 Å². The molecule has 0 saturated carbocycles. The van der Waals surface area contributed by atoms with E-state index in [4.69, 9.17) is 0 Å². The van der Waals surface area contributed by atoms with Gasteiger partial charge in [-0.15, -0.1) is 11.3 Å². The second-order valence-corrected chi connectivity index (χ2v) is 6.57. The molecule has 18 heavy (non-hydrogen) atoms. The summed E-state index contributed by atoms with van der Waals surface area (Å²) in [5, 5.41) is 11.3. The van der Waals surface area contributed by atoms with Crippen LogP contribution in [0.5, 0.6) is 0 Å². The monoisotopic (exact) mass is 325 g/mol. The topological polar surface area (TPSA) is 33.1 Å². The van der Waals surface area contributed by atoms with E-state index in [1.807, 2.05) is 32.0 Å². The molecule has 0 saturated heterocycles. The first-order chi connectivity index (χ1) is 8.49. The molecule has 0 spiro atoms. The van der Waals surface area contributed by atoms with Crippen molar-refractivity contribution in [1.82, 2.24) is 4.98 Å². The second-order valence-electron chi connectivity index (χ2n) is 4.42. The van der Waals surface area contributed by atoms with Crippen molar-refractivity contribution >= 4 is 27.3 Å². The van der Waals surface area contributed by atoms with Crippen molar-refractivity contribution in [1.29, 1.82) is 0 Å². The first kappa shape index (κ1) is 13.7. The molecular weight excluding hydrogens is 310 g/mol. The Balaban J connectivity index is 2.21. The van der Waals surface area contributed by atoms with Gasteiger partial charge in [-0.05, 0) is 38.0 Å². The van der Waals surface area contributed by atoms with Crippen LogP contribution >= 0.6 is 27.3 Å². The van der Waals surface area contributed by atoms with Crippen molar-refractivity contribution in [2.75, 3.05) is 0 Å². The number of halogens is 1. The van der Waals surface area contributed by atoms with E-state index in [1.165, 1.54) is 4.88 Å². The maximum Gasteiger partial charge on any atom is 0.0960 e. The van der Waals surface area contributed by atoms with Crippen molar-refractivity contribution in [2.45, 2.75) is 33.3 Å². The van der Waals surface area contributed by atoms with Gasteiger partial charge in [0.1, 0.15) is 0 Å². The summed E-state index contributed by atoms with van der Waals surface area (Å²) in [4.78, 5) is 5.70. The molecule has 0 fully saturated rings. The Kier molecular flexibility index (Phi) is 4.20. The Morgan fingerprint density at radius 3 is 2.67 bits per heavy atom. The molecule has 2 aromatic rings. The van der Waals surface area contributed by atoms with Crippen LogP contribution in [-0.4, -0.2) is 10.1 Å². The smallest absolute Gasteiger partial charge is 0.0960 e. The summed E-state index contributed by atoms with van der Waals surface area (Å²) >= 11 is 5.16. The fourth-order valence-corrected chi connectivity index (χ4v) is 3.24. The van der Waals surface area contributed by atoms with Gasteiger partial charge in [-0.3, -0.25) is 0 Å². The van der Waals surface area contributed by atoms with Gasteiger partial charge in [0.15, 0.2) is 0 Å². The molecule has 0 aliphatic rings. The number of aliphatic hydroxyl groups is 1. The zero-order chi connectivity index (χ0) is 13.3. The third-order valence-corrected chi connectivity index (χ3v) is 5.06. The molecule has 0 amide bonds.